The summed E-state index contributed by atoms with van der Waals surface area (Å²) in [7, 11) is 0. The van der Waals surface area contributed by atoms with Crippen molar-refractivity contribution < 1.29 is 14.3 Å². The molecule has 0 bridgehead atoms. The molecule has 1 aliphatic heterocycles. The van der Waals surface area contributed by atoms with E-state index in [1.807, 2.05) is 36.1 Å². The van der Waals surface area contributed by atoms with Gasteiger partial charge in [0, 0.05) is 56.5 Å². The van der Waals surface area contributed by atoms with Crippen LogP contribution in [0.4, 0.5) is 15.8 Å². The number of aromatic nitrogens is 1. The van der Waals surface area contributed by atoms with Crippen molar-refractivity contribution in [3.63, 3.8) is 0 Å². The Morgan fingerprint density at radius 3 is 2.38 bits per heavy atom. The molecule has 7 nitrogen and oxygen atoms in total. The number of pyridine rings is 1. The van der Waals surface area contributed by atoms with Crippen molar-refractivity contribution in [3.05, 3.63) is 69.8 Å². The number of nitrogen functional groups attached to an aromatic ring is 1. The lowest BCUT2D eigenvalue weighted by Gasteiger charge is -2.36. The maximum Gasteiger partial charge on any atom is 0.341 e. The molecule has 0 amide bonds. The van der Waals surface area contributed by atoms with Crippen LogP contribution in [0.3, 0.4) is 0 Å². The highest BCUT2D eigenvalue weighted by Gasteiger charge is 2.22. The van der Waals surface area contributed by atoms with Crippen LogP contribution in [0.2, 0.25) is 0 Å². The lowest BCUT2D eigenvalue weighted by atomic mass is 10.1. The third-order valence-electron chi connectivity index (χ3n) is 5.82. The average Bonchev–Trinajstić information content (AvgIpc) is 2.76. The molecule has 9 heteroatoms. The Labute approximate surface area is 191 Å². The Balaban J connectivity index is 0.00000289. The highest BCUT2D eigenvalue weighted by atomic mass is 35.5. The van der Waals surface area contributed by atoms with Crippen LogP contribution in [0, 0.1) is 5.82 Å². The van der Waals surface area contributed by atoms with Gasteiger partial charge in [-0.15, -0.1) is 12.4 Å². The number of piperazine rings is 1. The summed E-state index contributed by atoms with van der Waals surface area (Å²) in [6.07, 6.45) is 1.33. The van der Waals surface area contributed by atoms with Gasteiger partial charge in [-0.25, -0.2) is 9.18 Å². The van der Waals surface area contributed by atoms with E-state index in [2.05, 4.69) is 4.90 Å². The Kier molecular flexibility index (Phi) is 7.06. The number of aromatic carboxylic acids is 1. The van der Waals surface area contributed by atoms with Crippen molar-refractivity contribution >= 4 is 40.7 Å². The molecular formula is C23H26ClFN4O3. The molecule has 3 aromatic rings. The maximum absolute atomic E-state index is 15.0. The molecule has 4 rings (SSSR count). The van der Waals surface area contributed by atoms with Crippen molar-refractivity contribution in [2.45, 2.75) is 20.0 Å². The van der Waals surface area contributed by atoms with E-state index in [-0.39, 0.29) is 23.4 Å². The maximum atomic E-state index is 15.0. The molecule has 1 aromatic heterocycles. The summed E-state index contributed by atoms with van der Waals surface area (Å²) in [6.45, 7) is 6.00. The third-order valence-corrected chi connectivity index (χ3v) is 5.82. The highest BCUT2D eigenvalue weighted by molar-refractivity contribution is 5.93. The first-order chi connectivity index (χ1) is 14.9. The Morgan fingerprint density at radius 1 is 1.12 bits per heavy atom. The fourth-order valence-corrected chi connectivity index (χ4v) is 4.08. The van der Waals surface area contributed by atoms with Gasteiger partial charge in [0.05, 0.1) is 11.2 Å². The Hall–Kier alpha value is -3.10. The van der Waals surface area contributed by atoms with Gasteiger partial charge in [-0.05, 0) is 36.8 Å². The standard InChI is InChI=1S/C23H25FN4O3.ClH/c1-2-27-14-18(23(30)31)22(29)17-11-19(24)21(12-20(17)27)28-9-7-26(8-10-28)13-15-3-5-16(25)6-4-15;/h3-6,11-12,14H,2,7-10,13,25H2,1H3,(H,30,31);1H. The van der Waals surface area contributed by atoms with E-state index < -0.39 is 17.2 Å². The predicted octanol–water partition coefficient (Wildman–Crippen LogP) is 3.18. The molecule has 3 N–H and O–H groups in total. The number of carbonyl (C=O) groups is 1. The fraction of sp³-hybridized carbons (Fsp3) is 0.304. The van der Waals surface area contributed by atoms with E-state index in [9.17, 15) is 19.1 Å². The second-order valence-corrected chi connectivity index (χ2v) is 7.79. The molecule has 170 valence electrons. The zero-order valence-corrected chi connectivity index (χ0v) is 18.6. The molecule has 2 heterocycles. The summed E-state index contributed by atoms with van der Waals surface area (Å²) in [6, 6.07) is 10.6. The zero-order valence-electron chi connectivity index (χ0n) is 17.8. The number of hydrogen-bond acceptors (Lipinski definition) is 5. The number of carboxylic acids is 1. The van der Waals surface area contributed by atoms with Gasteiger partial charge >= 0.3 is 5.97 Å². The van der Waals surface area contributed by atoms with Crippen LogP contribution in [0.5, 0.6) is 0 Å². The van der Waals surface area contributed by atoms with Crippen molar-refractivity contribution in [3.8, 4) is 0 Å². The van der Waals surface area contributed by atoms with Gasteiger partial charge in [0.25, 0.3) is 0 Å². The first-order valence-corrected chi connectivity index (χ1v) is 10.3. The normalized spacial score (nSPS) is 14.4. The van der Waals surface area contributed by atoms with E-state index >= 15 is 0 Å². The predicted molar refractivity (Wildman–Crippen MR) is 126 cm³/mol. The SMILES string of the molecule is CCn1cc(C(=O)O)c(=O)c2cc(F)c(N3CCN(Cc4ccc(N)cc4)CC3)cc21.Cl. The van der Waals surface area contributed by atoms with Gasteiger partial charge < -0.3 is 20.3 Å². The molecule has 0 unspecified atom stereocenters. The van der Waals surface area contributed by atoms with Gasteiger partial charge in [0.1, 0.15) is 11.4 Å². The first-order valence-electron chi connectivity index (χ1n) is 10.3. The minimum Gasteiger partial charge on any atom is -0.477 e. The number of rotatable bonds is 5. The number of nitrogens with two attached hydrogens (primary N) is 1. The number of benzene rings is 2. The number of carboxylic acid groups (broad SMARTS) is 1. The molecule has 1 saturated heterocycles. The largest absolute Gasteiger partial charge is 0.477 e. The average molecular weight is 461 g/mol. The summed E-state index contributed by atoms with van der Waals surface area (Å²) in [5.74, 6) is -1.82. The molecule has 0 saturated carbocycles. The van der Waals surface area contributed by atoms with Crippen molar-refractivity contribution in [1.29, 1.82) is 0 Å². The molecule has 2 aromatic carbocycles. The Bertz CT molecular complexity index is 1190. The zero-order chi connectivity index (χ0) is 22.1. The second-order valence-electron chi connectivity index (χ2n) is 7.79. The van der Waals surface area contributed by atoms with Crippen LogP contribution in [0.25, 0.3) is 10.9 Å². The molecule has 1 fully saturated rings. The minimum atomic E-state index is -1.31. The smallest absolute Gasteiger partial charge is 0.341 e. The number of anilines is 2. The number of fused-ring (bicyclic) bond motifs is 1. The van der Waals surface area contributed by atoms with Crippen LogP contribution in [-0.2, 0) is 13.1 Å². The van der Waals surface area contributed by atoms with Gasteiger partial charge in [-0.2, -0.15) is 0 Å². The number of nitrogens with zero attached hydrogens (tertiary/aromatic N) is 3. The van der Waals surface area contributed by atoms with Crippen molar-refractivity contribution in [1.82, 2.24) is 9.47 Å². The Morgan fingerprint density at radius 2 is 1.78 bits per heavy atom. The molecule has 0 atom stereocenters. The quantitative estimate of drug-likeness (QED) is 0.568. The van der Waals surface area contributed by atoms with E-state index in [0.29, 0.717) is 30.8 Å². The highest BCUT2D eigenvalue weighted by Crippen LogP contribution is 2.26. The molecule has 32 heavy (non-hydrogen) atoms. The lowest BCUT2D eigenvalue weighted by molar-refractivity contribution is 0.0695. The van der Waals surface area contributed by atoms with Gasteiger partial charge in [-0.3, -0.25) is 9.69 Å². The third kappa shape index (κ3) is 4.56. The summed E-state index contributed by atoms with van der Waals surface area (Å²) in [5.41, 5.74) is 7.63. The van der Waals surface area contributed by atoms with E-state index in [1.165, 1.54) is 17.8 Å². The van der Waals surface area contributed by atoms with Crippen LogP contribution in [0.15, 0.2) is 47.4 Å². The summed E-state index contributed by atoms with van der Waals surface area (Å²) in [5, 5.41) is 9.38. The van der Waals surface area contributed by atoms with Gasteiger partial charge in [-0.1, -0.05) is 12.1 Å². The first kappa shape index (κ1) is 23.6. The van der Waals surface area contributed by atoms with Crippen molar-refractivity contribution in [2.24, 2.45) is 0 Å². The molecule has 0 radical (unpaired) electrons. The molecule has 0 spiro atoms. The molecule has 0 aliphatic carbocycles. The molecular weight excluding hydrogens is 435 g/mol. The van der Waals surface area contributed by atoms with E-state index in [0.717, 1.165) is 25.3 Å². The van der Waals surface area contributed by atoms with Crippen LogP contribution >= 0.6 is 12.4 Å². The molecule has 1 aliphatic rings. The topological polar surface area (TPSA) is 91.8 Å². The fourth-order valence-electron chi connectivity index (χ4n) is 4.08. The van der Waals surface area contributed by atoms with Crippen LogP contribution in [0.1, 0.15) is 22.8 Å². The van der Waals surface area contributed by atoms with Gasteiger partial charge in [0.2, 0.25) is 5.43 Å². The summed E-state index contributed by atoms with van der Waals surface area (Å²) >= 11 is 0. The van der Waals surface area contributed by atoms with Crippen LogP contribution in [-0.4, -0.2) is 46.7 Å². The lowest BCUT2D eigenvalue weighted by Crippen LogP contribution is -2.46. The van der Waals surface area contributed by atoms with Crippen molar-refractivity contribution in [2.75, 3.05) is 36.8 Å². The monoisotopic (exact) mass is 460 g/mol. The van der Waals surface area contributed by atoms with E-state index in [1.54, 1.807) is 10.6 Å². The van der Waals surface area contributed by atoms with Gasteiger partial charge in [0.15, 0.2) is 0 Å². The number of halogens is 2. The minimum absolute atomic E-state index is 0. The summed E-state index contributed by atoms with van der Waals surface area (Å²) in [4.78, 5) is 28.2. The summed E-state index contributed by atoms with van der Waals surface area (Å²) < 4.78 is 16.7. The van der Waals surface area contributed by atoms with E-state index in [4.69, 9.17) is 5.73 Å². The van der Waals surface area contributed by atoms with Crippen LogP contribution < -0.4 is 16.1 Å². The number of hydrogen-bond donors (Lipinski definition) is 2. The number of aryl methyl sites for hydroxylation is 1. The second kappa shape index (κ2) is 9.58.